The van der Waals surface area contributed by atoms with Crippen LogP contribution in [0.3, 0.4) is 0 Å². The molecule has 1 saturated carbocycles. The number of carboxylic acids is 1. The Morgan fingerprint density at radius 3 is 2.38 bits per heavy atom. The third-order valence-corrected chi connectivity index (χ3v) is 3.43. The first-order valence-electron chi connectivity index (χ1n) is 5.91. The predicted molar refractivity (Wildman–Crippen MR) is 59.0 cm³/mol. The zero-order valence-electron chi connectivity index (χ0n) is 9.99. The molecule has 0 aromatic rings. The molecule has 1 aliphatic carbocycles. The smallest absolute Gasteiger partial charge is 0.309 e. The van der Waals surface area contributed by atoms with Gasteiger partial charge in [-0.15, -0.1) is 0 Å². The van der Waals surface area contributed by atoms with E-state index in [0.29, 0.717) is 6.42 Å². The van der Waals surface area contributed by atoms with Crippen molar-refractivity contribution in [3.05, 3.63) is 0 Å². The quantitative estimate of drug-likeness (QED) is 0.734. The van der Waals surface area contributed by atoms with Crippen LogP contribution in [-0.4, -0.2) is 23.1 Å². The van der Waals surface area contributed by atoms with Gasteiger partial charge in [-0.2, -0.15) is 0 Å². The lowest BCUT2D eigenvalue weighted by molar-refractivity contribution is -0.160. The van der Waals surface area contributed by atoms with E-state index in [1.807, 2.05) is 0 Å². The highest BCUT2D eigenvalue weighted by molar-refractivity contribution is 5.81. The van der Waals surface area contributed by atoms with Gasteiger partial charge in [-0.3, -0.25) is 9.59 Å². The molecule has 0 bridgehead atoms. The fourth-order valence-electron chi connectivity index (χ4n) is 1.90. The number of ether oxygens (including phenoxy) is 1. The number of hydrogen-bond acceptors (Lipinski definition) is 3. The number of carbonyl (C=O) groups is 2. The Morgan fingerprint density at radius 2 is 1.94 bits per heavy atom. The molecule has 0 saturated heterocycles. The van der Waals surface area contributed by atoms with Gasteiger partial charge in [-0.25, -0.2) is 0 Å². The van der Waals surface area contributed by atoms with Gasteiger partial charge in [0.1, 0.15) is 6.10 Å². The maximum Gasteiger partial charge on any atom is 0.309 e. The van der Waals surface area contributed by atoms with Gasteiger partial charge in [-0.05, 0) is 39.0 Å². The fraction of sp³-hybridized carbons (Fsp3) is 0.833. The second kappa shape index (κ2) is 5.32. The Kier molecular flexibility index (Phi) is 4.33. The van der Waals surface area contributed by atoms with Gasteiger partial charge in [0, 0.05) is 0 Å². The average Bonchev–Trinajstić information content (AvgIpc) is 2.69. The summed E-state index contributed by atoms with van der Waals surface area (Å²) < 4.78 is 5.26. The van der Waals surface area contributed by atoms with Crippen LogP contribution in [0.2, 0.25) is 0 Å². The van der Waals surface area contributed by atoms with Crippen LogP contribution in [0.5, 0.6) is 0 Å². The third-order valence-electron chi connectivity index (χ3n) is 3.43. The van der Waals surface area contributed by atoms with Crippen LogP contribution in [0.1, 0.15) is 52.4 Å². The molecule has 1 aliphatic rings. The standard InChI is InChI=1S/C12H20O4/c1-3-12(2,11(14)15)8-10(13)16-9-6-4-5-7-9/h9H,3-8H2,1-2H3,(H,14,15). The van der Waals surface area contributed by atoms with Crippen LogP contribution in [-0.2, 0) is 14.3 Å². The van der Waals surface area contributed by atoms with Crippen molar-refractivity contribution in [2.24, 2.45) is 5.41 Å². The summed E-state index contributed by atoms with van der Waals surface area (Å²) in [6.45, 7) is 3.36. The van der Waals surface area contributed by atoms with E-state index in [9.17, 15) is 9.59 Å². The van der Waals surface area contributed by atoms with E-state index in [1.54, 1.807) is 13.8 Å². The van der Waals surface area contributed by atoms with E-state index in [4.69, 9.17) is 9.84 Å². The summed E-state index contributed by atoms with van der Waals surface area (Å²) in [5, 5.41) is 9.03. The number of carboxylic acid groups (broad SMARTS) is 1. The van der Waals surface area contributed by atoms with E-state index >= 15 is 0 Å². The summed E-state index contributed by atoms with van der Waals surface area (Å²) in [4.78, 5) is 22.6. The van der Waals surface area contributed by atoms with Gasteiger partial charge in [0.15, 0.2) is 0 Å². The van der Waals surface area contributed by atoms with Crippen molar-refractivity contribution in [3.8, 4) is 0 Å². The molecule has 0 radical (unpaired) electrons. The van der Waals surface area contributed by atoms with Gasteiger partial charge >= 0.3 is 11.9 Å². The normalized spacial score (nSPS) is 20.4. The summed E-state index contributed by atoms with van der Waals surface area (Å²) in [5.41, 5.74) is -0.990. The van der Waals surface area contributed by atoms with Gasteiger partial charge in [0.2, 0.25) is 0 Å². The minimum absolute atomic E-state index is 0.0161. The van der Waals surface area contributed by atoms with Crippen LogP contribution in [0.15, 0.2) is 0 Å². The molecule has 0 spiro atoms. The van der Waals surface area contributed by atoms with Gasteiger partial charge < -0.3 is 9.84 Å². The zero-order valence-corrected chi connectivity index (χ0v) is 9.99. The summed E-state index contributed by atoms with van der Waals surface area (Å²) in [7, 11) is 0. The summed E-state index contributed by atoms with van der Waals surface area (Å²) >= 11 is 0. The number of aliphatic carboxylic acids is 1. The Bertz CT molecular complexity index is 268. The van der Waals surface area contributed by atoms with E-state index in [2.05, 4.69) is 0 Å². The molecule has 4 heteroatoms. The average molecular weight is 228 g/mol. The SMILES string of the molecule is CCC(C)(CC(=O)OC1CCCC1)C(=O)O. The van der Waals surface area contributed by atoms with Gasteiger partial charge in [-0.1, -0.05) is 6.92 Å². The monoisotopic (exact) mass is 228 g/mol. The number of carbonyl (C=O) groups excluding carboxylic acids is 1. The largest absolute Gasteiger partial charge is 0.481 e. The molecular formula is C12H20O4. The molecule has 1 N–H and O–H groups in total. The Balaban J connectivity index is 2.45. The van der Waals surface area contributed by atoms with Crippen molar-refractivity contribution in [2.75, 3.05) is 0 Å². The molecule has 1 rings (SSSR count). The lowest BCUT2D eigenvalue weighted by atomic mass is 9.84. The van der Waals surface area contributed by atoms with Crippen molar-refractivity contribution in [1.82, 2.24) is 0 Å². The minimum atomic E-state index is -0.990. The predicted octanol–water partition coefficient (Wildman–Crippen LogP) is 2.36. The molecule has 4 nitrogen and oxygen atoms in total. The molecule has 0 amide bonds. The molecule has 0 aromatic carbocycles. The molecule has 0 aromatic heterocycles. The highest BCUT2D eigenvalue weighted by atomic mass is 16.5. The van der Waals surface area contributed by atoms with Crippen LogP contribution >= 0.6 is 0 Å². The Labute approximate surface area is 96.0 Å². The number of hydrogen-bond donors (Lipinski definition) is 1. The first kappa shape index (κ1) is 13.0. The van der Waals surface area contributed by atoms with Crippen molar-refractivity contribution < 1.29 is 19.4 Å². The molecule has 1 unspecified atom stereocenters. The second-order valence-electron chi connectivity index (χ2n) is 4.79. The third kappa shape index (κ3) is 3.22. The number of rotatable bonds is 5. The molecule has 1 atom stereocenters. The minimum Gasteiger partial charge on any atom is -0.481 e. The van der Waals surface area contributed by atoms with Crippen molar-refractivity contribution in [3.63, 3.8) is 0 Å². The van der Waals surface area contributed by atoms with Gasteiger partial charge in [0.05, 0.1) is 11.8 Å². The lowest BCUT2D eigenvalue weighted by Crippen LogP contribution is -2.31. The molecule has 0 aliphatic heterocycles. The summed E-state index contributed by atoms with van der Waals surface area (Å²) in [5.74, 6) is -1.31. The van der Waals surface area contributed by atoms with Gasteiger partial charge in [0.25, 0.3) is 0 Å². The zero-order chi connectivity index (χ0) is 12.2. The van der Waals surface area contributed by atoms with E-state index < -0.39 is 11.4 Å². The van der Waals surface area contributed by atoms with E-state index in [1.165, 1.54) is 0 Å². The number of esters is 1. The second-order valence-corrected chi connectivity index (χ2v) is 4.79. The van der Waals surface area contributed by atoms with Crippen molar-refractivity contribution in [1.29, 1.82) is 0 Å². The van der Waals surface area contributed by atoms with Crippen LogP contribution in [0, 0.1) is 5.41 Å². The molecule has 16 heavy (non-hydrogen) atoms. The highest BCUT2D eigenvalue weighted by Crippen LogP contribution is 2.28. The summed E-state index contributed by atoms with van der Waals surface area (Å²) in [6.07, 6.45) is 4.45. The topological polar surface area (TPSA) is 63.6 Å². The molecule has 0 heterocycles. The van der Waals surface area contributed by atoms with E-state index in [0.717, 1.165) is 25.7 Å². The summed E-state index contributed by atoms with van der Waals surface area (Å²) in [6, 6.07) is 0. The van der Waals surface area contributed by atoms with Crippen LogP contribution in [0.25, 0.3) is 0 Å². The van der Waals surface area contributed by atoms with E-state index in [-0.39, 0.29) is 18.5 Å². The molecule has 1 fully saturated rings. The molecular weight excluding hydrogens is 208 g/mol. The Morgan fingerprint density at radius 1 is 1.38 bits per heavy atom. The first-order valence-corrected chi connectivity index (χ1v) is 5.91. The molecule has 92 valence electrons. The maximum atomic E-state index is 11.6. The first-order chi connectivity index (χ1) is 7.48. The maximum absolute atomic E-state index is 11.6. The lowest BCUT2D eigenvalue weighted by Gasteiger charge is -2.22. The Hall–Kier alpha value is -1.06. The van der Waals surface area contributed by atoms with Crippen molar-refractivity contribution >= 4 is 11.9 Å². The van der Waals surface area contributed by atoms with Crippen LogP contribution < -0.4 is 0 Å². The van der Waals surface area contributed by atoms with Crippen LogP contribution in [0.4, 0.5) is 0 Å². The van der Waals surface area contributed by atoms with Crippen molar-refractivity contribution in [2.45, 2.75) is 58.5 Å². The fourth-order valence-corrected chi connectivity index (χ4v) is 1.90. The highest BCUT2D eigenvalue weighted by Gasteiger charge is 2.35.